The van der Waals surface area contributed by atoms with E-state index in [9.17, 15) is 4.79 Å². The summed E-state index contributed by atoms with van der Waals surface area (Å²) in [6.07, 6.45) is 1.54. The molecule has 1 amide bonds. The molecule has 1 saturated heterocycles. The fourth-order valence-electron chi connectivity index (χ4n) is 2.77. The number of methoxy groups -OCH3 is 1. The van der Waals surface area contributed by atoms with Gasteiger partial charge in [-0.25, -0.2) is 4.79 Å². The number of benzene rings is 1. The SMILES string of the molecule is COc1ccc(N)cc1C1CCN(C(=O)OC(C)(C)C)CC1. The van der Waals surface area contributed by atoms with E-state index in [1.165, 1.54) is 0 Å². The van der Waals surface area contributed by atoms with Crippen molar-refractivity contribution in [2.75, 3.05) is 25.9 Å². The van der Waals surface area contributed by atoms with Crippen LogP contribution in [0.15, 0.2) is 18.2 Å². The van der Waals surface area contributed by atoms with Crippen LogP contribution in [0, 0.1) is 0 Å². The summed E-state index contributed by atoms with van der Waals surface area (Å²) in [7, 11) is 1.67. The molecule has 0 aromatic heterocycles. The van der Waals surface area contributed by atoms with Gasteiger partial charge in [-0.15, -0.1) is 0 Å². The van der Waals surface area contributed by atoms with Crippen LogP contribution >= 0.6 is 0 Å². The molecule has 0 aliphatic carbocycles. The van der Waals surface area contributed by atoms with Crippen LogP contribution in [0.4, 0.5) is 10.5 Å². The lowest BCUT2D eigenvalue weighted by Crippen LogP contribution is -2.41. The third-order valence-electron chi connectivity index (χ3n) is 3.84. The Morgan fingerprint density at radius 3 is 2.45 bits per heavy atom. The molecule has 2 N–H and O–H groups in total. The molecule has 0 radical (unpaired) electrons. The third-order valence-corrected chi connectivity index (χ3v) is 3.84. The van der Waals surface area contributed by atoms with Crippen LogP contribution in [0.2, 0.25) is 0 Å². The summed E-state index contributed by atoms with van der Waals surface area (Å²) < 4.78 is 10.9. The van der Waals surface area contributed by atoms with Gasteiger partial charge in [-0.2, -0.15) is 0 Å². The summed E-state index contributed by atoms with van der Waals surface area (Å²) in [5, 5.41) is 0. The number of piperidine rings is 1. The fourth-order valence-corrected chi connectivity index (χ4v) is 2.77. The minimum atomic E-state index is -0.453. The van der Waals surface area contributed by atoms with E-state index in [0.29, 0.717) is 19.0 Å². The highest BCUT2D eigenvalue weighted by atomic mass is 16.6. The molecule has 5 heteroatoms. The maximum absolute atomic E-state index is 12.1. The van der Waals surface area contributed by atoms with Crippen LogP contribution in [-0.2, 0) is 4.74 Å². The Kier molecular flexibility index (Phi) is 4.84. The Balaban J connectivity index is 2.00. The number of anilines is 1. The number of likely N-dealkylation sites (tertiary alicyclic amines) is 1. The van der Waals surface area contributed by atoms with Gasteiger partial charge in [0.1, 0.15) is 11.4 Å². The van der Waals surface area contributed by atoms with Crippen LogP contribution in [0.25, 0.3) is 0 Å². The Hall–Kier alpha value is -1.91. The summed E-state index contributed by atoms with van der Waals surface area (Å²) in [6.45, 7) is 7.04. The first-order valence-corrected chi connectivity index (χ1v) is 7.71. The summed E-state index contributed by atoms with van der Waals surface area (Å²) in [5.41, 5.74) is 7.31. The standard InChI is InChI=1S/C17H26N2O3/c1-17(2,3)22-16(20)19-9-7-12(8-10-19)14-11-13(18)5-6-15(14)21-4/h5-6,11-12H,7-10,18H2,1-4H3. The van der Waals surface area contributed by atoms with Gasteiger partial charge in [0.05, 0.1) is 7.11 Å². The maximum Gasteiger partial charge on any atom is 0.410 e. The van der Waals surface area contributed by atoms with Crippen molar-refractivity contribution in [1.29, 1.82) is 0 Å². The second-order valence-corrected chi connectivity index (χ2v) is 6.74. The van der Waals surface area contributed by atoms with E-state index in [1.54, 1.807) is 12.0 Å². The van der Waals surface area contributed by atoms with E-state index < -0.39 is 5.60 Å². The van der Waals surface area contributed by atoms with Gasteiger partial charge in [0.15, 0.2) is 0 Å². The van der Waals surface area contributed by atoms with Crippen LogP contribution in [0.5, 0.6) is 5.75 Å². The molecule has 5 nitrogen and oxygen atoms in total. The smallest absolute Gasteiger partial charge is 0.410 e. The molecule has 0 spiro atoms. The first-order chi connectivity index (χ1) is 10.3. The van der Waals surface area contributed by atoms with Crippen LogP contribution in [0.3, 0.4) is 0 Å². The lowest BCUT2D eigenvalue weighted by Gasteiger charge is -2.34. The predicted octanol–water partition coefficient (Wildman–Crippen LogP) is 3.39. The minimum absolute atomic E-state index is 0.231. The zero-order chi connectivity index (χ0) is 16.3. The van der Waals surface area contributed by atoms with Crippen molar-refractivity contribution in [3.05, 3.63) is 23.8 Å². The van der Waals surface area contributed by atoms with E-state index in [1.807, 2.05) is 39.0 Å². The number of nitrogen functional groups attached to an aromatic ring is 1. The number of rotatable bonds is 2. The van der Waals surface area contributed by atoms with E-state index in [2.05, 4.69) is 0 Å². The molecule has 0 atom stereocenters. The molecule has 1 aromatic carbocycles. The van der Waals surface area contributed by atoms with E-state index in [4.69, 9.17) is 15.2 Å². The first kappa shape index (κ1) is 16.5. The van der Waals surface area contributed by atoms with Gasteiger partial charge in [0.2, 0.25) is 0 Å². The van der Waals surface area contributed by atoms with E-state index in [0.717, 1.165) is 29.8 Å². The molecule has 1 aliphatic rings. The average Bonchev–Trinajstić information content (AvgIpc) is 2.45. The number of carbonyl (C=O) groups excluding carboxylic acids is 1. The summed E-state index contributed by atoms with van der Waals surface area (Å²) in [5.74, 6) is 1.22. The Morgan fingerprint density at radius 2 is 1.91 bits per heavy atom. The molecule has 0 unspecified atom stereocenters. The van der Waals surface area contributed by atoms with Crippen LogP contribution in [-0.4, -0.2) is 36.8 Å². The quantitative estimate of drug-likeness (QED) is 0.851. The summed E-state index contributed by atoms with van der Waals surface area (Å²) >= 11 is 0. The fraction of sp³-hybridized carbons (Fsp3) is 0.588. The van der Waals surface area contributed by atoms with Crippen molar-refractivity contribution < 1.29 is 14.3 Å². The van der Waals surface area contributed by atoms with Crippen molar-refractivity contribution >= 4 is 11.8 Å². The zero-order valence-electron chi connectivity index (χ0n) is 13.9. The average molecular weight is 306 g/mol. The lowest BCUT2D eigenvalue weighted by molar-refractivity contribution is 0.0204. The monoisotopic (exact) mass is 306 g/mol. The minimum Gasteiger partial charge on any atom is -0.496 e. The topological polar surface area (TPSA) is 64.8 Å². The van der Waals surface area contributed by atoms with Crippen molar-refractivity contribution in [1.82, 2.24) is 4.90 Å². The van der Waals surface area contributed by atoms with Crippen LogP contribution in [0.1, 0.15) is 45.1 Å². The molecule has 1 aromatic rings. The summed E-state index contributed by atoms with van der Waals surface area (Å²) in [6, 6.07) is 5.73. The van der Waals surface area contributed by atoms with Gasteiger partial charge in [0, 0.05) is 18.8 Å². The van der Waals surface area contributed by atoms with E-state index >= 15 is 0 Å². The van der Waals surface area contributed by atoms with E-state index in [-0.39, 0.29) is 6.09 Å². The van der Waals surface area contributed by atoms with Crippen molar-refractivity contribution in [2.24, 2.45) is 0 Å². The van der Waals surface area contributed by atoms with Gasteiger partial charge < -0.3 is 20.1 Å². The second kappa shape index (κ2) is 6.46. The number of ether oxygens (including phenoxy) is 2. The Morgan fingerprint density at radius 1 is 1.27 bits per heavy atom. The highest BCUT2D eigenvalue weighted by Gasteiger charge is 2.28. The number of carbonyl (C=O) groups is 1. The molecule has 22 heavy (non-hydrogen) atoms. The number of hydrogen-bond donors (Lipinski definition) is 1. The molecule has 1 fully saturated rings. The highest BCUT2D eigenvalue weighted by molar-refractivity contribution is 5.68. The zero-order valence-corrected chi connectivity index (χ0v) is 13.9. The molecule has 1 heterocycles. The summed E-state index contributed by atoms with van der Waals surface area (Å²) in [4.78, 5) is 13.9. The van der Waals surface area contributed by atoms with Gasteiger partial charge in [-0.1, -0.05) is 0 Å². The largest absolute Gasteiger partial charge is 0.496 e. The highest BCUT2D eigenvalue weighted by Crippen LogP contribution is 2.35. The molecular weight excluding hydrogens is 280 g/mol. The third kappa shape index (κ3) is 4.06. The number of amides is 1. The Labute approximate surface area is 132 Å². The molecule has 122 valence electrons. The van der Waals surface area contributed by atoms with Crippen molar-refractivity contribution in [3.8, 4) is 5.75 Å². The van der Waals surface area contributed by atoms with Crippen LogP contribution < -0.4 is 10.5 Å². The molecule has 2 rings (SSSR count). The maximum atomic E-state index is 12.1. The van der Waals surface area contributed by atoms with Gasteiger partial charge in [-0.05, 0) is 63.3 Å². The molecule has 1 aliphatic heterocycles. The number of nitrogens with zero attached hydrogens (tertiary/aromatic N) is 1. The normalized spacial score (nSPS) is 16.5. The molecular formula is C17H26N2O3. The second-order valence-electron chi connectivity index (χ2n) is 6.74. The predicted molar refractivity (Wildman–Crippen MR) is 87.2 cm³/mol. The number of nitrogens with two attached hydrogens (primary N) is 1. The molecule has 0 bridgehead atoms. The van der Waals surface area contributed by atoms with Crippen molar-refractivity contribution in [2.45, 2.75) is 45.1 Å². The number of hydrogen-bond acceptors (Lipinski definition) is 4. The van der Waals surface area contributed by atoms with Gasteiger partial charge in [-0.3, -0.25) is 0 Å². The van der Waals surface area contributed by atoms with Crippen molar-refractivity contribution in [3.63, 3.8) is 0 Å². The van der Waals surface area contributed by atoms with Gasteiger partial charge in [0.25, 0.3) is 0 Å². The lowest BCUT2D eigenvalue weighted by atomic mass is 9.88. The molecule has 0 saturated carbocycles. The van der Waals surface area contributed by atoms with Gasteiger partial charge >= 0.3 is 6.09 Å². The first-order valence-electron chi connectivity index (χ1n) is 7.71. The Bertz CT molecular complexity index is 529.